The lowest BCUT2D eigenvalue weighted by atomic mass is 9.91. The third kappa shape index (κ3) is 3.58. The number of carbonyl (C=O) groups is 1. The van der Waals surface area contributed by atoms with Gasteiger partial charge in [-0.05, 0) is 49.3 Å². The number of piperidine rings is 1. The lowest BCUT2D eigenvalue weighted by molar-refractivity contribution is -0.136. The highest BCUT2D eigenvalue weighted by Gasteiger charge is 2.53. The zero-order chi connectivity index (χ0) is 17.3. The third-order valence-corrected chi connectivity index (χ3v) is 5.96. The number of hydrogen-bond acceptors (Lipinski definition) is 3. The quantitative estimate of drug-likeness (QED) is 0.839. The molecule has 2 saturated heterocycles. The zero-order valence-electron chi connectivity index (χ0n) is 14.8. The minimum Gasteiger partial charge on any atom is -0.379 e. The first kappa shape index (κ1) is 17.0. The topological polar surface area (TPSA) is 32.8 Å². The lowest BCUT2D eigenvalue weighted by Crippen LogP contribution is -2.48. The molecule has 2 aliphatic heterocycles. The molecule has 1 atom stereocenters. The SMILES string of the molecule is O=C(N1CCC[C@@H](CN2CCOCC2)C1)C1(c2cccc(F)c2)CC1. The Bertz CT molecular complexity index is 626. The summed E-state index contributed by atoms with van der Waals surface area (Å²) in [5.41, 5.74) is 0.399. The van der Waals surface area contributed by atoms with Crippen molar-refractivity contribution < 1.29 is 13.9 Å². The van der Waals surface area contributed by atoms with Crippen molar-refractivity contribution >= 4 is 5.91 Å². The van der Waals surface area contributed by atoms with Gasteiger partial charge in [-0.3, -0.25) is 9.69 Å². The second-order valence-corrected chi connectivity index (χ2v) is 7.76. The Balaban J connectivity index is 1.41. The molecule has 0 spiro atoms. The first-order valence-electron chi connectivity index (χ1n) is 9.53. The van der Waals surface area contributed by atoms with E-state index in [4.69, 9.17) is 4.74 Å². The van der Waals surface area contributed by atoms with Gasteiger partial charge in [0, 0.05) is 32.7 Å². The van der Waals surface area contributed by atoms with Crippen LogP contribution < -0.4 is 0 Å². The Morgan fingerprint density at radius 1 is 1.24 bits per heavy atom. The average molecular weight is 346 g/mol. The number of carbonyl (C=O) groups excluding carboxylic acids is 1. The summed E-state index contributed by atoms with van der Waals surface area (Å²) in [6.45, 7) is 6.37. The number of halogens is 1. The van der Waals surface area contributed by atoms with Crippen molar-refractivity contribution in [1.82, 2.24) is 9.80 Å². The molecule has 1 amide bonds. The van der Waals surface area contributed by atoms with Crippen LogP contribution >= 0.6 is 0 Å². The van der Waals surface area contributed by atoms with Crippen molar-refractivity contribution in [1.29, 1.82) is 0 Å². The van der Waals surface area contributed by atoms with E-state index in [-0.39, 0.29) is 11.7 Å². The van der Waals surface area contributed by atoms with Crippen LogP contribution in [-0.4, -0.2) is 61.6 Å². The van der Waals surface area contributed by atoms with Gasteiger partial charge in [-0.25, -0.2) is 4.39 Å². The number of nitrogens with zero attached hydrogens (tertiary/aromatic N) is 2. The third-order valence-electron chi connectivity index (χ3n) is 5.96. The van der Waals surface area contributed by atoms with Gasteiger partial charge >= 0.3 is 0 Å². The molecule has 0 unspecified atom stereocenters. The monoisotopic (exact) mass is 346 g/mol. The molecular formula is C20H27FN2O2. The molecule has 25 heavy (non-hydrogen) atoms. The van der Waals surface area contributed by atoms with Crippen LogP contribution in [0, 0.1) is 11.7 Å². The largest absolute Gasteiger partial charge is 0.379 e. The van der Waals surface area contributed by atoms with Gasteiger partial charge in [0.15, 0.2) is 0 Å². The van der Waals surface area contributed by atoms with Crippen LogP contribution in [0.3, 0.4) is 0 Å². The Morgan fingerprint density at radius 3 is 2.76 bits per heavy atom. The van der Waals surface area contributed by atoms with Crippen molar-refractivity contribution in [3.8, 4) is 0 Å². The molecule has 2 heterocycles. The summed E-state index contributed by atoms with van der Waals surface area (Å²) < 4.78 is 19.0. The first-order valence-corrected chi connectivity index (χ1v) is 9.53. The van der Waals surface area contributed by atoms with Gasteiger partial charge in [0.1, 0.15) is 5.82 Å². The molecule has 1 aliphatic carbocycles. The summed E-state index contributed by atoms with van der Waals surface area (Å²) in [4.78, 5) is 17.7. The maximum absolute atomic E-state index is 13.6. The molecule has 136 valence electrons. The maximum atomic E-state index is 13.6. The molecule has 0 aromatic heterocycles. The van der Waals surface area contributed by atoms with Crippen molar-refractivity contribution in [3.05, 3.63) is 35.6 Å². The lowest BCUT2D eigenvalue weighted by Gasteiger charge is -2.38. The Morgan fingerprint density at radius 2 is 2.04 bits per heavy atom. The standard InChI is InChI=1S/C20H27FN2O2/c21-18-5-1-4-17(13-18)20(6-7-20)19(24)23-8-2-3-16(15-23)14-22-9-11-25-12-10-22/h1,4-5,13,16H,2-3,6-12,14-15H2/t16-/m0/s1. The second-order valence-electron chi connectivity index (χ2n) is 7.76. The molecule has 0 N–H and O–H groups in total. The van der Waals surface area contributed by atoms with Crippen LogP contribution in [0.25, 0.3) is 0 Å². The average Bonchev–Trinajstić information content (AvgIpc) is 3.44. The molecule has 5 heteroatoms. The number of benzene rings is 1. The second kappa shape index (κ2) is 7.04. The molecule has 4 nitrogen and oxygen atoms in total. The van der Waals surface area contributed by atoms with Gasteiger partial charge in [-0.2, -0.15) is 0 Å². The molecule has 1 aromatic carbocycles. The number of likely N-dealkylation sites (tertiary alicyclic amines) is 1. The molecule has 0 bridgehead atoms. The number of ether oxygens (including phenoxy) is 1. The molecule has 4 rings (SSSR count). The minimum atomic E-state index is -0.455. The van der Waals surface area contributed by atoms with E-state index in [1.807, 2.05) is 11.0 Å². The van der Waals surface area contributed by atoms with Gasteiger partial charge in [-0.15, -0.1) is 0 Å². The van der Waals surface area contributed by atoms with E-state index in [1.165, 1.54) is 12.5 Å². The van der Waals surface area contributed by atoms with Crippen LogP contribution in [0.4, 0.5) is 4.39 Å². The molecule has 3 fully saturated rings. The highest BCUT2D eigenvalue weighted by atomic mass is 19.1. The highest BCUT2D eigenvalue weighted by Crippen LogP contribution is 2.50. The Labute approximate surface area is 148 Å². The minimum absolute atomic E-state index is 0.213. The van der Waals surface area contributed by atoms with E-state index in [2.05, 4.69) is 4.90 Å². The van der Waals surface area contributed by atoms with Crippen LogP contribution in [0.5, 0.6) is 0 Å². The van der Waals surface area contributed by atoms with E-state index in [0.717, 1.165) is 70.8 Å². The number of amides is 1. The summed E-state index contributed by atoms with van der Waals surface area (Å²) >= 11 is 0. The summed E-state index contributed by atoms with van der Waals surface area (Å²) in [6, 6.07) is 6.61. The summed E-state index contributed by atoms with van der Waals surface area (Å²) in [6.07, 6.45) is 3.95. The van der Waals surface area contributed by atoms with E-state index in [0.29, 0.717) is 5.92 Å². The van der Waals surface area contributed by atoms with Crippen molar-refractivity contribution in [2.24, 2.45) is 5.92 Å². The van der Waals surface area contributed by atoms with Crippen molar-refractivity contribution in [2.75, 3.05) is 45.9 Å². The van der Waals surface area contributed by atoms with E-state index in [1.54, 1.807) is 12.1 Å². The molecule has 0 radical (unpaired) electrons. The fourth-order valence-corrected chi connectivity index (χ4v) is 4.39. The van der Waals surface area contributed by atoms with E-state index < -0.39 is 5.41 Å². The van der Waals surface area contributed by atoms with E-state index >= 15 is 0 Å². The van der Waals surface area contributed by atoms with E-state index in [9.17, 15) is 9.18 Å². The smallest absolute Gasteiger partial charge is 0.233 e. The van der Waals surface area contributed by atoms with Crippen LogP contribution in [-0.2, 0) is 14.9 Å². The van der Waals surface area contributed by atoms with Crippen LogP contribution in [0.2, 0.25) is 0 Å². The number of morpholine rings is 1. The molecular weight excluding hydrogens is 319 g/mol. The van der Waals surface area contributed by atoms with Crippen LogP contribution in [0.1, 0.15) is 31.2 Å². The predicted octanol–water partition coefficient (Wildman–Crippen LogP) is 2.43. The first-order chi connectivity index (χ1) is 12.2. The summed E-state index contributed by atoms with van der Waals surface area (Å²) in [7, 11) is 0. The fourth-order valence-electron chi connectivity index (χ4n) is 4.39. The predicted molar refractivity (Wildman–Crippen MR) is 93.9 cm³/mol. The maximum Gasteiger partial charge on any atom is 0.233 e. The fraction of sp³-hybridized carbons (Fsp3) is 0.650. The highest BCUT2D eigenvalue weighted by molar-refractivity contribution is 5.91. The Kier molecular flexibility index (Phi) is 4.78. The van der Waals surface area contributed by atoms with Gasteiger partial charge in [0.05, 0.1) is 18.6 Å². The van der Waals surface area contributed by atoms with Crippen LogP contribution in [0.15, 0.2) is 24.3 Å². The summed E-state index contributed by atoms with van der Waals surface area (Å²) in [5.74, 6) is 0.504. The van der Waals surface area contributed by atoms with Crippen molar-refractivity contribution in [3.63, 3.8) is 0 Å². The van der Waals surface area contributed by atoms with Gasteiger partial charge in [-0.1, -0.05) is 12.1 Å². The normalized spacial score (nSPS) is 26.4. The van der Waals surface area contributed by atoms with Gasteiger partial charge in [0.25, 0.3) is 0 Å². The zero-order valence-corrected chi connectivity index (χ0v) is 14.8. The molecule has 1 saturated carbocycles. The Hall–Kier alpha value is -1.46. The number of rotatable bonds is 4. The molecule has 1 aromatic rings. The van der Waals surface area contributed by atoms with Gasteiger partial charge in [0.2, 0.25) is 5.91 Å². The summed E-state index contributed by atoms with van der Waals surface area (Å²) in [5, 5.41) is 0. The van der Waals surface area contributed by atoms with Crippen molar-refractivity contribution in [2.45, 2.75) is 31.1 Å². The number of hydrogen-bond donors (Lipinski definition) is 0. The molecule has 3 aliphatic rings. The van der Waals surface area contributed by atoms with Gasteiger partial charge < -0.3 is 9.64 Å².